The standard InChI is InChI=1S/C25H26O4/c1-16(2)5-4-6-17(3)7-8-19-13-18(9-12-23(19)27)22-15-29-24-14-20(26)10-11-21(24)25(22)28/h5,7-15,17,26-27H,4,6H2,1-3H3. The number of fused-ring (bicyclic) bond motifs is 1. The highest BCUT2D eigenvalue weighted by molar-refractivity contribution is 5.83. The average molecular weight is 390 g/mol. The number of benzene rings is 2. The highest BCUT2D eigenvalue weighted by Gasteiger charge is 2.11. The lowest BCUT2D eigenvalue weighted by molar-refractivity contribution is 0.473. The molecule has 0 amide bonds. The number of phenolic OH excluding ortho intramolecular Hbond substituents is 2. The second kappa shape index (κ2) is 8.82. The van der Waals surface area contributed by atoms with Crippen molar-refractivity contribution in [3.63, 3.8) is 0 Å². The van der Waals surface area contributed by atoms with Crippen molar-refractivity contribution in [2.24, 2.45) is 5.92 Å². The van der Waals surface area contributed by atoms with Crippen LogP contribution >= 0.6 is 0 Å². The lowest BCUT2D eigenvalue weighted by Crippen LogP contribution is -2.04. The molecule has 4 heteroatoms. The van der Waals surface area contributed by atoms with Crippen LogP contribution in [-0.4, -0.2) is 10.2 Å². The van der Waals surface area contributed by atoms with Gasteiger partial charge in [-0.1, -0.05) is 36.8 Å². The second-order valence-corrected chi connectivity index (χ2v) is 7.63. The fourth-order valence-corrected chi connectivity index (χ4v) is 3.17. The minimum absolute atomic E-state index is 0.0455. The molecule has 1 aromatic heterocycles. The van der Waals surface area contributed by atoms with Crippen molar-refractivity contribution in [2.75, 3.05) is 0 Å². The van der Waals surface area contributed by atoms with E-state index in [0.717, 1.165) is 12.8 Å². The van der Waals surface area contributed by atoms with E-state index in [0.29, 0.717) is 33.6 Å². The summed E-state index contributed by atoms with van der Waals surface area (Å²) in [6, 6.07) is 9.50. The Morgan fingerprint density at radius 1 is 1.14 bits per heavy atom. The lowest BCUT2D eigenvalue weighted by Gasteiger charge is -2.07. The Kier molecular flexibility index (Phi) is 6.23. The highest BCUT2D eigenvalue weighted by atomic mass is 16.3. The minimum Gasteiger partial charge on any atom is -0.508 e. The average Bonchev–Trinajstić information content (AvgIpc) is 2.67. The molecule has 0 fully saturated rings. The quantitative estimate of drug-likeness (QED) is 0.487. The van der Waals surface area contributed by atoms with Crippen LogP contribution < -0.4 is 5.43 Å². The maximum absolute atomic E-state index is 12.8. The Morgan fingerprint density at radius 3 is 2.69 bits per heavy atom. The molecule has 0 radical (unpaired) electrons. The van der Waals surface area contributed by atoms with Gasteiger partial charge in [-0.25, -0.2) is 0 Å². The fraction of sp³-hybridized carbons (Fsp3) is 0.240. The maximum atomic E-state index is 12.8. The first kappa shape index (κ1) is 20.5. The van der Waals surface area contributed by atoms with Crippen LogP contribution in [0, 0.1) is 5.92 Å². The number of hydrogen-bond acceptors (Lipinski definition) is 4. The Labute approximate surface area is 170 Å². The lowest BCUT2D eigenvalue weighted by atomic mass is 9.99. The summed E-state index contributed by atoms with van der Waals surface area (Å²) in [7, 11) is 0. The van der Waals surface area contributed by atoms with Gasteiger partial charge in [0.05, 0.1) is 10.9 Å². The summed E-state index contributed by atoms with van der Waals surface area (Å²) in [5.74, 6) is 0.577. The molecule has 29 heavy (non-hydrogen) atoms. The molecule has 0 aliphatic heterocycles. The Bertz CT molecular complexity index is 1130. The van der Waals surface area contributed by atoms with E-state index in [9.17, 15) is 15.0 Å². The highest BCUT2D eigenvalue weighted by Crippen LogP contribution is 2.28. The van der Waals surface area contributed by atoms with Gasteiger partial charge >= 0.3 is 0 Å². The van der Waals surface area contributed by atoms with Crippen molar-refractivity contribution in [2.45, 2.75) is 33.6 Å². The van der Waals surface area contributed by atoms with Gasteiger partial charge < -0.3 is 14.6 Å². The van der Waals surface area contributed by atoms with Gasteiger partial charge in [0.15, 0.2) is 5.43 Å². The van der Waals surface area contributed by atoms with Crippen molar-refractivity contribution < 1.29 is 14.6 Å². The molecule has 0 aliphatic carbocycles. The fourth-order valence-electron chi connectivity index (χ4n) is 3.17. The zero-order valence-electron chi connectivity index (χ0n) is 17.0. The van der Waals surface area contributed by atoms with Crippen molar-refractivity contribution in [3.05, 3.63) is 76.2 Å². The van der Waals surface area contributed by atoms with Gasteiger partial charge in [-0.05, 0) is 62.4 Å². The van der Waals surface area contributed by atoms with Crippen LogP contribution in [0.2, 0.25) is 0 Å². The Morgan fingerprint density at radius 2 is 1.93 bits per heavy atom. The number of hydrogen-bond donors (Lipinski definition) is 2. The molecule has 0 spiro atoms. The van der Waals surface area contributed by atoms with E-state index in [2.05, 4.69) is 32.9 Å². The molecule has 1 heterocycles. The molecule has 1 unspecified atom stereocenters. The molecular weight excluding hydrogens is 364 g/mol. The van der Waals surface area contributed by atoms with Crippen molar-refractivity contribution >= 4 is 17.0 Å². The first-order chi connectivity index (χ1) is 13.8. The predicted molar refractivity (Wildman–Crippen MR) is 118 cm³/mol. The van der Waals surface area contributed by atoms with Crippen LogP contribution in [0.25, 0.3) is 28.2 Å². The van der Waals surface area contributed by atoms with Crippen molar-refractivity contribution in [1.29, 1.82) is 0 Å². The summed E-state index contributed by atoms with van der Waals surface area (Å²) >= 11 is 0. The molecule has 3 rings (SSSR count). The van der Waals surface area contributed by atoms with E-state index in [1.54, 1.807) is 24.3 Å². The van der Waals surface area contributed by atoms with E-state index in [1.165, 1.54) is 24.0 Å². The van der Waals surface area contributed by atoms with Crippen molar-refractivity contribution in [1.82, 2.24) is 0 Å². The third kappa shape index (κ3) is 4.96. The molecule has 1 atom stereocenters. The number of allylic oxidation sites excluding steroid dienone is 3. The second-order valence-electron chi connectivity index (χ2n) is 7.63. The van der Waals surface area contributed by atoms with E-state index in [1.807, 2.05) is 6.08 Å². The van der Waals surface area contributed by atoms with Gasteiger partial charge in [0, 0.05) is 11.6 Å². The first-order valence-corrected chi connectivity index (χ1v) is 9.74. The summed E-state index contributed by atoms with van der Waals surface area (Å²) < 4.78 is 5.54. The molecule has 4 nitrogen and oxygen atoms in total. The van der Waals surface area contributed by atoms with Crippen LogP contribution in [0.4, 0.5) is 0 Å². The molecule has 0 saturated carbocycles. The molecule has 0 bridgehead atoms. The van der Waals surface area contributed by atoms with Crippen LogP contribution in [-0.2, 0) is 0 Å². The van der Waals surface area contributed by atoms with Gasteiger partial charge in [0.2, 0.25) is 0 Å². The number of phenols is 2. The van der Waals surface area contributed by atoms with Gasteiger partial charge in [-0.2, -0.15) is 0 Å². The van der Waals surface area contributed by atoms with Crippen LogP contribution in [0.1, 0.15) is 39.2 Å². The summed E-state index contributed by atoms with van der Waals surface area (Å²) in [5.41, 5.74) is 3.21. The third-order valence-electron chi connectivity index (χ3n) is 4.88. The molecule has 0 saturated heterocycles. The smallest absolute Gasteiger partial charge is 0.200 e. The van der Waals surface area contributed by atoms with E-state index >= 15 is 0 Å². The Hall–Kier alpha value is -3.27. The van der Waals surface area contributed by atoms with Gasteiger partial charge in [-0.3, -0.25) is 4.79 Å². The van der Waals surface area contributed by atoms with Gasteiger partial charge in [0.25, 0.3) is 0 Å². The normalized spacial score (nSPS) is 12.4. The summed E-state index contributed by atoms with van der Waals surface area (Å²) in [4.78, 5) is 12.8. The van der Waals surface area contributed by atoms with Gasteiger partial charge in [0.1, 0.15) is 23.3 Å². The molecule has 2 aromatic carbocycles. The summed E-state index contributed by atoms with van der Waals surface area (Å²) in [6.45, 7) is 6.33. The van der Waals surface area contributed by atoms with Crippen LogP contribution in [0.3, 0.4) is 0 Å². The number of rotatable bonds is 6. The molecule has 2 N–H and O–H groups in total. The summed E-state index contributed by atoms with van der Waals surface area (Å²) in [5, 5.41) is 20.2. The zero-order valence-corrected chi connectivity index (χ0v) is 17.0. The molecule has 150 valence electrons. The number of aromatic hydroxyl groups is 2. The van der Waals surface area contributed by atoms with Crippen LogP contribution in [0.5, 0.6) is 11.5 Å². The minimum atomic E-state index is -0.179. The monoisotopic (exact) mass is 390 g/mol. The zero-order chi connectivity index (χ0) is 21.0. The maximum Gasteiger partial charge on any atom is 0.200 e. The SMILES string of the molecule is CC(C)=CCCC(C)C=Cc1cc(-c2coc3cc(O)ccc3c2=O)ccc1O. The summed E-state index contributed by atoms with van der Waals surface area (Å²) in [6.07, 6.45) is 9.64. The van der Waals surface area contributed by atoms with E-state index in [4.69, 9.17) is 4.42 Å². The van der Waals surface area contributed by atoms with Gasteiger partial charge in [-0.15, -0.1) is 0 Å². The largest absolute Gasteiger partial charge is 0.508 e. The predicted octanol–water partition coefficient (Wildman–Crippen LogP) is 6.27. The molecular formula is C25H26O4. The van der Waals surface area contributed by atoms with E-state index in [-0.39, 0.29) is 16.9 Å². The molecule has 0 aliphatic rings. The van der Waals surface area contributed by atoms with Crippen molar-refractivity contribution in [3.8, 4) is 22.6 Å². The molecule has 3 aromatic rings. The first-order valence-electron chi connectivity index (χ1n) is 9.74. The third-order valence-corrected chi connectivity index (χ3v) is 4.88. The van der Waals surface area contributed by atoms with E-state index < -0.39 is 0 Å². The topological polar surface area (TPSA) is 70.7 Å². The van der Waals surface area contributed by atoms with Crippen LogP contribution in [0.15, 0.2) is 69.6 Å². The Balaban J connectivity index is 1.89.